The number of pyridine rings is 1. The largest absolute Gasteiger partial charge is 0.478 e. The summed E-state index contributed by atoms with van der Waals surface area (Å²) in [4.78, 5) is 16.6. The number of amides is 1. The van der Waals surface area contributed by atoms with E-state index in [2.05, 4.69) is 29.2 Å². The number of hydrogen-bond acceptors (Lipinski definition) is 4. The van der Waals surface area contributed by atoms with Crippen LogP contribution in [0.1, 0.15) is 43.3 Å². The average molecular weight is 344 g/mol. The first kappa shape index (κ1) is 19.0. The number of carbonyl (C=O) groups is 1. The Labute approximate surface area is 149 Å². The van der Waals surface area contributed by atoms with Crippen molar-refractivity contribution in [3.8, 4) is 5.88 Å². The molecule has 6 heteroatoms. The van der Waals surface area contributed by atoms with Gasteiger partial charge in [-0.2, -0.15) is 5.10 Å². The maximum Gasteiger partial charge on any atom is 0.224 e. The zero-order valence-electron chi connectivity index (χ0n) is 15.8. The Balaban J connectivity index is 2.00. The van der Waals surface area contributed by atoms with Crippen molar-refractivity contribution < 1.29 is 9.53 Å². The van der Waals surface area contributed by atoms with Gasteiger partial charge in [0.05, 0.1) is 18.7 Å². The van der Waals surface area contributed by atoms with Crippen LogP contribution in [0.2, 0.25) is 0 Å². The number of rotatable bonds is 8. The minimum atomic E-state index is -0.0263. The van der Waals surface area contributed by atoms with E-state index < -0.39 is 0 Å². The van der Waals surface area contributed by atoms with Crippen LogP contribution in [0.4, 0.5) is 0 Å². The van der Waals surface area contributed by atoms with E-state index in [4.69, 9.17) is 4.74 Å². The minimum Gasteiger partial charge on any atom is -0.478 e. The second kappa shape index (κ2) is 8.65. The maximum absolute atomic E-state index is 12.4. The van der Waals surface area contributed by atoms with Crippen LogP contribution in [0.15, 0.2) is 18.3 Å². The Bertz CT molecular complexity index is 722. The highest BCUT2D eigenvalue weighted by atomic mass is 16.5. The van der Waals surface area contributed by atoms with Crippen LogP contribution in [0.3, 0.4) is 0 Å². The Kier molecular flexibility index (Phi) is 6.56. The number of hydrogen-bond donors (Lipinski definition) is 1. The lowest BCUT2D eigenvalue weighted by Crippen LogP contribution is -2.25. The molecule has 0 atom stereocenters. The van der Waals surface area contributed by atoms with Gasteiger partial charge in [0.25, 0.3) is 0 Å². The quantitative estimate of drug-likeness (QED) is 0.799. The van der Waals surface area contributed by atoms with Crippen molar-refractivity contribution in [1.29, 1.82) is 0 Å². The summed E-state index contributed by atoms with van der Waals surface area (Å²) in [7, 11) is 0. The molecule has 2 heterocycles. The summed E-state index contributed by atoms with van der Waals surface area (Å²) in [6, 6.07) is 3.75. The monoisotopic (exact) mass is 344 g/mol. The zero-order chi connectivity index (χ0) is 18.4. The van der Waals surface area contributed by atoms with Gasteiger partial charge in [-0.15, -0.1) is 0 Å². The molecule has 1 amide bonds. The number of ether oxygens (including phenoxy) is 1. The maximum atomic E-state index is 12.4. The molecule has 0 saturated heterocycles. The molecule has 2 aromatic heterocycles. The molecule has 0 fully saturated rings. The first-order valence-electron chi connectivity index (χ1n) is 8.78. The number of aryl methyl sites for hydroxylation is 1. The van der Waals surface area contributed by atoms with Crippen molar-refractivity contribution >= 4 is 5.91 Å². The third kappa shape index (κ3) is 5.05. The molecule has 6 nitrogen and oxygen atoms in total. The van der Waals surface area contributed by atoms with E-state index >= 15 is 0 Å². The normalized spacial score (nSPS) is 11.0. The third-order valence-electron chi connectivity index (χ3n) is 4.01. The van der Waals surface area contributed by atoms with Crippen LogP contribution in [0.5, 0.6) is 5.88 Å². The summed E-state index contributed by atoms with van der Waals surface area (Å²) >= 11 is 0. The van der Waals surface area contributed by atoms with Crippen molar-refractivity contribution in [2.75, 3.05) is 6.61 Å². The second-order valence-electron chi connectivity index (χ2n) is 6.58. The van der Waals surface area contributed by atoms with Crippen LogP contribution in [-0.4, -0.2) is 27.3 Å². The summed E-state index contributed by atoms with van der Waals surface area (Å²) < 4.78 is 7.49. The molecule has 0 aliphatic heterocycles. The van der Waals surface area contributed by atoms with E-state index in [1.54, 1.807) is 6.20 Å². The molecule has 25 heavy (non-hydrogen) atoms. The summed E-state index contributed by atoms with van der Waals surface area (Å²) in [6.45, 7) is 12.0. The fraction of sp³-hybridized carbons (Fsp3) is 0.526. The number of nitrogens with zero attached hydrogens (tertiary/aromatic N) is 3. The fourth-order valence-corrected chi connectivity index (χ4v) is 2.76. The lowest BCUT2D eigenvalue weighted by molar-refractivity contribution is -0.120. The van der Waals surface area contributed by atoms with Gasteiger partial charge in [-0.05, 0) is 32.8 Å². The summed E-state index contributed by atoms with van der Waals surface area (Å²) in [5.74, 6) is 1.06. The first-order chi connectivity index (χ1) is 11.9. The second-order valence-corrected chi connectivity index (χ2v) is 6.58. The molecule has 1 N–H and O–H groups in total. The smallest absolute Gasteiger partial charge is 0.224 e. The first-order valence-corrected chi connectivity index (χ1v) is 8.78. The molecule has 0 aliphatic rings. The van der Waals surface area contributed by atoms with Crippen molar-refractivity contribution in [1.82, 2.24) is 20.1 Å². The van der Waals surface area contributed by atoms with E-state index in [0.717, 1.165) is 29.1 Å². The third-order valence-corrected chi connectivity index (χ3v) is 4.01. The summed E-state index contributed by atoms with van der Waals surface area (Å²) in [5.41, 5.74) is 3.87. The standard InChI is InChI=1S/C19H28N4O2/c1-6-25-19-16(8-7-9-20-19)11-21-18(24)10-17-14(4)22-23(15(17)5)12-13(2)3/h7-9,13H,6,10-12H2,1-5H3,(H,21,24). The number of nitrogens with one attached hydrogen (secondary N) is 1. The highest BCUT2D eigenvalue weighted by Gasteiger charge is 2.16. The van der Waals surface area contributed by atoms with Gasteiger partial charge in [-0.25, -0.2) is 4.98 Å². The highest BCUT2D eigenvalue weighted by molar-refractivity contribution is 5.79. The van der Waals surface area contributed by atoms with Crippen LogP contribution < -0.4 is 10.1 Å². The number of aromatic nitrogens is 3. The van der Waals surface area contributed by atoms with Crippen LogP contribution in [-0.2, 0) is 24.3 Å². The van der Waals surface area contributed by atoms with Gasteiger partial charge < -0.3 is 10.1 Å². The molecule has 0 bridgehead atoms. The molecule has 2 rings (SSSR count). The summed E-state index contributed by atoms with van der Waals surface area (Å²) in [5, 5.41) is 7.52. The predicted octanol–water partition coefficient (Wildman–Crippen LogP) is 2.81. The van der Waals surface area contributed by atoms with Crippen LogP contribution in [0, 0.1) is 19.8 Å². The topological polar surface area (TPSA) is 69.0 Å². The van der Waals surface area contributed by atoms with Gasteiger partial charge >= 0.3 is 0 Å². The predicted molar refractivity (Wildman–Crippen MR) is 97.5 cm³/mol. The Hall–Kier alpha value is -2.37. The molecule has 0 spiro atoms. The Morgan fingerprint density at radius 3 is 2.80 bits per heavy atom. The summed E-state index contributed by atoms with van der Waals surface area (Å²) in [6.07, 6.45) is 2.02. The fourth-order valence-electron chi connectivity index (χ4n) is 2.76. The lowest BCUT2D eigenvalue weighted by atomic mass is 10.1. The van der Waals surface area contributed by atoms with E-state index in [9.17, 15) is 4.79 Å². The zero-order valence-corrected chi connectivity index (χ0v) is 15.8. The molecule has 136 valence electrons. The van der Waals surface area contributed by atoms with E-state index in [0.29, 0.717) is 31.4 Å². The van der Waals surface area contributed by atoms with E-state index in [1.807, 2.05) is 37.6 Å². The van der Waals surface area contributed by atoms with Crippen molar-refractivity contribution in [2.45, 2.75) is 54.1 Å². The molecule has 0 aliphatic carbocycles. The molecular weight excluding hydrogens is 316 g/mol. The van der Waals surface area contributed by atoms with Crippen molar-refractivity contribution in [3.05, 3.63) is 40.8 Å². The van der Waals surface area contributed by atoms with Crippen molar-refractivity contribution in [3.63, 3.8) is 0 Å². The van der Waals surface area contributed by atoms with E-state index in [1.165, 1.54) is 0 Å². The van der Waals surface area contributed by atoms with Gasteiger partial charge in [0, 0.05) is 36.1 Å². The Morgan fingerprint density at radius 2 is 2.12 bits per heavy atom. The molecule has 0 radical (unpaired) electrons. The molecule has 0 saturated carbocycles. The van der Waals surface area contributed by atoms with Gasteiger partial charge in [-0.3, -0.25) is 9.48 Å². The van der Waals surface area contributed by atoms with Gasteiger partial charge in [0.2, 0.25) is 11.8 Å². The molecule has 0 aromatic carbocycles. The molecule has 0 unspecified atom stereocenters. The molecule has 2 aromatic rings. The highest BCUT2D eigenvalue weighted by Crippen LogP contribution is 2.16. The van der Waals surface area contributed by atoms with Crippen molar-refractivity contribution in [2.24, 2.45) is 5.92 Å². The van der Waals surface area contributed by atoms with E-state index in [-0.39, 0.29) is 5.91 Å². The Morgan fingerprint density at radius 1 is 1.36 bits per heavy atom. The van der Waals surface area contributed by atoms with Crippen LogP contribution in [0.25, 0.3) is 0 Å². The number of carbonyl (C=O) groups excluding carboxylic acids is 1. The van der Waals surface area contributed by atoms with Gasteiger partial charge in [0.1, 0.15) is 0 Å². The average Bonchev–Trinajstić information content (AvgIpc) is 2.81. The SMILES string of the molecule is CCOc1ncccc1CNC(=O)Cc1c(C)nn(CC(C)C)c1C. The minimum absolute atomic E-state index is 0.0263. The van der Waals surface area contributed by atoms with Gasteiger partial charge in [-0.1, -0.05) is 19.9 Å². The molecular formula is C19H28N4O2. The van der Waals surface area contributed by atoms with Gasteiger partial charge in [0.15, 0.2) is 0 Å². The lowest BCUT2D eigenvalue weighted by Gasteiger charge is -2.10. The van der Waals surface area contributed by atoms with Crippen LogP contribution >= 0.6 is 0 Å².